The standard InChI is InChI=1S/C17H23NOS/c1-3-11-18(12-16-10-9-14(2)20-16)13-17(19)15-7-5-4-6-8-15/h4-10,17,19H,3,11-13H2,1-2H3. The number of benzene rings is 1. The Morgan fingerprint density at radius 2 is 1.90 bits per heavy atom. The van der Waals surface area contributed by atoms with Crippen LogP contribution in [0.25, 0.3) is 0 Å². The van der Waals surface area contributed by atoms with Gasteiger partial charge in [0.2, 0.25) is 0 Å². The number of hydrogen-bond donors (Lipinski definition) is 1. The third-order valence-electron chi connectivity index (χ3n) is 3.33. The summed E-state index contributed by atoms with van der Waals surface area (Å²) in [4.78, 5) is 5.06. The molecule has 0 amide bonds. The lowest BCUT2D eigenvalue weighted by Gasteiger charge is -2.24. The fourth-order valence-corrected chi connectivity index (χ4v) is 3.30. The highest BCUT2D eigenvalue weighted by Gasteiger charge is 2.13. The van der Waals surface area contributed by atoms with Crippen molar-refractivity contribution in [3.63, 3.8) is 0 Å². The van der Waals surface area contributed by atoms with E-state index in [1.807, 2.05) is 41.7 Å². The molecule has 2 rings (SSSR count). The molecule has 0 spiro atoms. The van der Waals surface area contributed by atoms with Crippen LogP contribution in [0.15, 0.2) is 42.5 Å². The maximum absolute atomic E-state index is 10.4. The van der Waals surface area contributed by atoms with Crippen molar-refractivity contribution in [3.8, 4) is 0 Å². The Morgan fingerprint density at radius 3 is 2.50 bits per heavy atom. The van der Waals surface area contributed by atoms with Gasteiger partial charge < -0.3 is 5.11 Å². The molecule has 1 atom stereocenters. The molecule has 0 aliphatic rings. The van der Waals surface area contributed by atoms with Crippen molar-refractivity contribution in [3.05, 3.63) is 57.8 Å². The SMILES string of the molecule is CCCN(Cc1ccc(C)s1)CC(O)c1ccccc1. The molecular formula is C17H23NOS. The van der Waals surface area contributed by atoms with Crippen molar-refractivity contribution >= 4 is 11.3 Å². The minimum Gasteiger partial charge on any atom is -0.387 e. The van der Waals surface area contributed by atoms with Gasteiger partial charge in [0, 0.05) is 22.8 Å². The van der Waals surface area contributed by atoms with E-state index in [-0.39, 0.29) is 0 Å². The van der Waals surface area contributed by atoms with Gasteiger partial charge >= 0.3 is 0 Å². The first-order valence-electron chi connectivity index (χ1n) is 7.19. The normalized spacial score (nSPS) is 12.8. The Labute approximate surface area is 125 Å². The predicted molar refractivity (Wildman–Crippen MR) is 86.0 cm³/mol. The van der Waals surface area contributed by atoms with Crippen LogP contribution in [0.4, 0.5) is 0 Å². The minimum atomic E-state index is -0.413. The van der Waals surface area contributed by atoms with Crippen molar-refractivity contribution < 1.29 is 5.11 Å². The Balaban J connectivity index is 1.98. The summed E-state index contributed by atoms with van der Waals surface area (Å²) in [6.45, 7) is 6.95. The Morgan fingerprint density at radius 1 is 1.15 bits per heavy atom. The van der Waals surface area contributed by atoms with E-state index in [1.54, 1.807) is 0 Å². The lowest BCUT2D eigenvalue weighted by molar-refractivity contribution is 0.109. The number of aliphatic hydroxyl groups is 1. The van der Waals surface area contributed by atoms with Crippen LogP contribution in [0.1, 0.15) is 34.8 Å². The number of aryl methyl sites for hydroxylation is 1. The van der Waals surface area contributed by atoms with E-state index >= 15 is 0 Å². The average Bonchev–Trinajstić information content (AvgIpc) is 2.85. The van der Waals surface area contributed by atoms with Gasteiger partial charge in [-0.25, -0.2) is 0 Å². The van der Waals surface area contributed by atoms with Crippen LogP contribution in [0.5, 0.6) is 0 Å². The highest BCUT2D eigenvalue weighted by Crippen LogP contribution is 2.20. The highest BCUT2D eigenvalue weighted by atomic mass is 32.1. The molecule has 0 aliphatic heterocycles. The second kappa shape index (κ2) is 7.58. The molecule has 1 aromatic carbocycles. The van der Waals surface area contributed by atoms with Crippen LogP contribution in [0.3, 0.4) is 0 Å². The van der Waals surface area contributed by atoms with Gasteiger partial charge in [0.1, 0.15) is 0 Å². The van der Waals surface area contributed by atoms with Crippen molar-refractivity contribution in [1.29, 1.82) is 0 Å². The van der Waals surface area contributed by atoms with Gasteiger partial charge in [-0.1, -0.05) is 37.3 Å². The Bertz CT molecular complexity index is 509. The molecule has 0 saturated carbocycles. The van der Waals surface area contributed by atoms with E-state index in [0.717, 1.165) is 25.1 Å². The fraction of sp³-hybridized carbons (Fsp3) is 0.412. The number of rotatable bonds is 7. The highest BCUT2D eigenvalue weighted by molar-refractivity contribution is 7.11. The lowest BCUT2D eigenvalue weighted by Crippen LogP contribution is -2.28. The van der Waals surface area contributed by atoms with Crippen LogP contribution >= 0.6 is 11.3 Å². The summed E-state index contributed by atoms with van der Waals surface area (Å²) >= 11 is 1.84. The molecule has 0 fully saturated rings. The van der Waals surface area contributed by atoms with Gasteiger partial charge in [0.25, 0.3) is 0 Å². The first-order valence-corrected chi connectivity index (χ1v) is 8.01. The van der Waals surface area contributed by atoms with Gasteiger partial charge in [0.05, 0.1) is 6.10 Å². The van der Waals surface area contributed by atoms with Crippen molar-refractivity contribution in [2.24, 2.45) is 0 Å². The average molecular weight is 289 g/mol. The van der Waals surface area contributed by atoms with E-state index in [1.165, 1.54) is 9.75 Å². The number of hydrogen-bond acceptors (Lipinski definition) is 3. The van der Waals surface area contributed by atoms with Crippen LogP contribution in [-0.4, -0.2) is 23.1 Å². The molecule has 2 nitrogen and oxygen atoms in total. The zero-order chi connectivity index (χ0) is 14.4. The van der Waals surface area contributed by atoms with Crippen LogP contribution in [0.2, 0.25) is 0 Å². The molecule has 3 heteroatoms. The van der Waals surface area contributed by atoms with Gasteiger partial charge in [0.15, 0.2) is 0 Å². The smallest absolute Gasteiger partial charge is 0.0917 e. The summed E-state index contributed by atoms with van der Waals surface area (Å²) in [5, 5.41) is 10.4. The van der Waals surface area contributed by atoms with Crippen LogP contribution in [0, 0.1) is 6.92 Å². The molecule has 108 valence electrons. The summed E-state index contributed by atoms with van der Waals surface area (Å²) < 4.78 is 0. The number of thiophene rings is 1. The third kappa shape index (κ3) is 4.44. The van der Waals surface area contributed by atoms with Gasteiger partial charge in [-0.3, -0.25) is 4.90 Å². The van der Waals surface area contributed by atoms with Gasteiger partial charge in [-0.15, -0.1) is 11.3 Å². The Kier molecular flexibility index (Phi) is 5.77. The summed E-state index contributed by atoms with van der Waals surface area (Å²) in [7, 11) is 0. The van der Waals surface area contributed by atoms with Crippen molar-refractivity contribution in [2.45, 2.75) is 32.9 Å². The monoisotopic (exact) mass is 289 g/mol. The molecule has 1 unspecified atom stereocenters. The summed E-state index contributed by atoms with van der Waals surface area (Å²) in [6.07, 6.45) is 0.690. The molecular weight excluding hydrogens is 266 g/mol. The molecule has 1 heterocycles. The molecule has 0 aliphatic carbocycles. The largest absolute Gasteiger partial charge is 0.387 e. The van der Waals surface area contributed by atoms with E-state index in [4.69, 9.17) is 0 Å². The second-order valence-electron chi connectivity index (χ2n) is 5.17. The van der Waals surface area contributed by atoms with E-state index in [0.29, 0.717) is 6.54 Å². The molecule has 0 radical (unpaired) electrons. The summed E-state index contributed by atoms with van der Waals surface area (Å²) in [6, 6.07) is 14.3. The molecule has 1 aromatic heterocycles. The summed E-state index contributed by atoms with van der Waals surface area (Å²) in [5.74, 6) is 0. The quantitative estimate of drug-likeness (QED) is 0.832. The van der Waals surface area contributed by atoms with Crippen molar-refractivity contribution in [1.82, 2.24) is 4.90 Å². The van der Waals surface area contributed by atoms with Crippen LogP contribution in [-0.2, 0) is 6.54 Å². The van der Waals surface area contributed by atoms with Gasteiger partial charge in [-0.05, 0) is 37.6 Å². The van der Waals surface area contributed by atoms with Crippen LogP contribution < -0.4 is 0 Å². The van der Waals surface area contributed by atoms with Gasteiger partial charge in [-0.2, -0.15) is 0 Å². The third-order valence-corrected chi connectivity index (χ3v) is 4.32. The molecule has 0 bridgehead atoms. The zero-order valence-electron chi connectivity index (χ0n) is 12.2. The lowest BCUT2D eigenvalue weighted by atomic mass is 10.1. The Hall–Kier alpha value is -1.16. The molecule has 1 N–H and O–H groups in total. The zero-order valence-corrected chi connectivity index (χ0v) is 13.1. The van der Waals surface area contributed by atoms with E-state index in [9.17, 15) is 5.11 Å². The summed E-state index contributed by atoms with van der Waals surface area (Å²) in [5.41, 5.74) is 0.996. The van der Waals surface area contributed by atoms with Crippen molar-refractivity contribution in [2.75, 3.05) is 13.1 Å². The first-order chi connectivity index (χ1) is 9.69. The predicted octanol–water partition coefficient (Wildman–Crippen LogP) is 4.00. The number of nitrogens with zero attached hydrogens (tertiary/aromatic N) is 1. The molecule has 0 saturated heterocycles. The van der Waals surface area contributed by atoms with E-state index in [2.05, 4.69) is 30.9 Å². The topological polar surface area (TPSA) is 23.5 Å². The fourth-order valence-electron chi connectivity index (χ4n) is 2.37. The second-order valence-corrected chi connectivity index (χ2v) is 6.55. The number of aliphatic hydroxyl groups excluding tert-OH is 1. The molecule has 20 heavy (non-hydrogen) atoms. The van der Waals surface area contributed by atoms with E-state index < -0.39 is 6.10 Å². The molecule has 2 aromatic rings. The maximum Gasteiger partial charge on any atom is 0.0917 e. The first kappa shape index (κ1) is 15.2. The maximum atomic E-state index is 10.4. The minimum absolute atomic E-state index is 0.413.